The molecule has 1 fully saturated rings. The van der Waals surface area contributed by atoms with Gasteiger partial charge in [-0.2, -0.15) is 0 Å². The van der Waals surface area contributed by atoms with Crippen LogP contribution in [0.5, 0.6) is 0 Å². The molecule has 0 bridgehead atoms. The number of ketones is 1. The molecule has 2 rings (SSSR count). The molecule has 1 aliphatic heterocycles. The zero-order valence-electron chi connectivity index (χ0n) is 8.98. The molecular formula is C13H16O2. The highest BCUT2D eigenvalue weighted by Crippen LogP contribution is 2.23. The summed E-state index contributed by atoms with van der Waals surface area (Å²) in [5.41, 5.74) is 1.23. The molecule has 0 saturated carbocycles. The highest BCUT2D eigenvalue weighted by molar-refractivity contribution is 5.78. The van der Waals surface area contributed by atoms with Crippen molar-refractivity contribution in [2.24, 2.45) is 5.92 Å². The van der Waals surface area contributed by atoms with Gasteiger partial charge < -0.3 is 4.74 Å². The number of benzene rings is 1. The standard InChI is InChI=1S/C13H16O2/c1-10(14)12(8-13-9-15-13)7-11-5-3-2-4-6-11/h2-6,12-13H,7-9H2,1H3. The summed E-state index contributed by atoms with van der Waals surface area (Å²) in [5.74, 6) is 0.397. The van der Waals surface area contributed by atoms with Crippen LogP contribution in [0.25, 0.3) is 0 Å². The van der Waals surface area contributed by atoms with Gasteiger partial charge in [-0.1, -0.05) is 30.3 Å². The molecule has 1 heterocycles. The molecule has 0 spiro atoms. The van der Waals surface area contributed by atoms with Crippen LogP contribution in [0, 0.1) is 5.92 Å². The summed E-state index contributed by atoms with van der Waals surface area (Å²) in [4.78, 5) is 11.5. The average Bonchev–Trinajstić information content (AvgIpc) is 3.02. The SMILES string of the molecule is CC(=O)C(Cc1ccccc1)CC1CO1. The molecular weight excluding hydrogens is 188 g/mol. The predicted octanol–water partition coefficient (Wildman–Crippen LogP) is 2.22. The van der Waals surface area contributed by atoms with Crippen LogP contribution in [-0.2, 0) is 16.0 Å². The summed E-state index contributed by atoms with van der Waals surface area (Å²) < 4.78 is 5.17. The van der Waals surface area contributed by atoms with Gasteiger partial charge in [0.05, 0.1) is 12.7 Å². The zero-order chi connectivity index (χ0) is 10.7. The molecule has 0 aliphatic carbocycles. The lowest BCUT2D eigenvalue weighted by atomic mass is 9.92. The fourth-order valence-electron chi connectivity index (χ4n) is 1.81. The number of hydrogen-bond acceptors (Lipinski definition) is 2. The predicted molar refractivity (Wildman–Crippen MR) is 58.7 cm³/mol. The molecule has 1 aromatic carbocycles. The van der Waals surface area contributed by atoms with Crippen LogP contribution in [0.3, 0.4) is 0 Å². The number of carbonyl (C=O) groups excluding carboxylic acids is 1. The van der Waals surface area contributed by atoms with Gasteiger partial charge in [-0.25, -0.2) is 0 Å². The van der Waals surface area contributed by atoms with Crippen molar-refractivity contribution in [3.05, 3.63) is 35.9 Å². The fraction of sp³-hybridized carbons (Fsp3) is 0.462. The van der Waals surface area contributed by atoms with Crippen molar-refractivity contribution in [1.82, 2.24) is 0 Å². The van der Waals surface area contributed by atoms with Crippen molar-refractivity contribution < 1.29 is 9.53 Å². The maximum atomic E-state index is 11.5. The molecule has 80 valence electrons. The number of carbonyl (C=O) groups is 1. The first-order valence-electron chi connectivity index (χ1n) is 5.41. The second kappa shape index (κ2) is 4.58. The molecule has 1 aliphatic rings. The van der Waals surface area contributed by atoms with E-state index in [4.69, 9.17) is 4.74 Å². The van der Waals surface area contributed by atoms with E-state index in [1.807, 2.05) is 18.2 Å². The van der Waals surface area contributed by atoms with E-state index in [0.717, 1.165) is 19.4 Å². The van der Waals surface area contributed by atoms with Crippen LogP contribution >= 0.6 is 0 Å². The third kappa shape index (κ3) is 3.17. The minimum Gasteiger partial charge on any atom is -0.373 e. The van der Waals surface area contributed by atoms with E-state index in [-0.39, 0.29) is 11.7 Å². The minimum atomic E-state index is 0.125. The van der Waals surface area contributed by atoms with Gasteiger partial charge in [0, 0.05) is 5.92 Å². The lowest BCUT2D eigenvalue weighted by molar-refractivity contribution is -0.121. The molecule has 15 heavy (non-hydrogen) atoms. The Morgan fingerprint density at radius 3 is 2.67 bits per heavy atom. The van der Waals surface area contributed by atoms with Gasteiger partial charge in [0.25, 0.3) is 0 Å². The highest BCUT2D eigenvalue weighted by atomic mass is 16.6. The number of ether oxygens (including phenoxy) is 1. The van der Waals surface area contributed by atoms with E-state index in [0.29, 0.717) is 6.10 Å². The molecule has 2 atom stereocenters. The smallest absolute Gasteiger partial charge is 0.133 e. The average molecular weight is 204 g/mol. The summed E-state index contributed by atoms with van der Waals surface area (Å²) >= 11 is 0. The molecule has 0 amide bonds. The quantitative estimate of drug-likeness (QED) is 0.688. The maximum Gasteiger partial charge on any atom is 0.133 e. The summed E-state index contributed by atoms with van der Waals surface area (Å²) in [5, 5.41) is 0. The Labute approximate surface area is 90.3 Å². The van der Waals surface area contributed by atoms with E-state index >= 15 is 0 Å². The van der Waals surface area contributed by atoms with Crippen LogP contribution in [0.4, 0.5) is 0 Å². The van der Waals surface area contributed by atoms with Gasteiger partial charge in [-0.15, -0.1) is 0 Å². The van der Waals surface area contributed by atoms with E-state index in [2.05, 4.69) is 12.1 Å². The maximum absolute atomic E-state index is 11.5. The Kier molecular flexibility index (Phi) is 3.17. The van der Waals surface area contributed by atoms with Crippen molar-refractivity contribution >= 4 is 5.78 Å². The summed E-state index contributed by atoms with van der Waals surface area (Å²) in [7, 11) is 0. The zero-order valence-corrected chi connectivity index (χ0v) is 8.98. The molecule has 1 aromatic rings. The first kappa shape index (κ1) is 10.4. The molecule has 0 radical (unpaired) electrons. The van der Waals surface area contributed by atoms with Gasteiger partial charge >= 0.3 is 0 Å². The summed E-state index contributed by atoms with van der Waals surface area (Å²) in [6, 6.07) is 10.2. The molecule has 0 N–H and O–H groups in total. The van der Waals surface area contributed by atoms with Crippen molar-refractivity contribution in [1.29, 1.82) is 0 Å². The minimum absolute atomic E-state index is 0.125. The number of Topliss-reactive ketones (excluding diaryl/α,β-unsaturated/α-hetero) is 1. The Balaban J connectivity index is 1.96. The Morgan fingerprint density at radius 2 is 2.13 bits per heavy atom. The Hall–Kier alpha value is -1.15. The van der Waals surface area contributed by atoms with Crippen LogP contribution in [0.2, 0.25) is 0 Å². The normalized spacial score (nSPS) is 21.0. The van der Waals surface area contributed by atoms with Gasteiger partial charge in [0.2, 0.25) is 0 Å². The first-order valence-corrected chi connectivity index (χ1v) is 5.41. The van der Waals surface area contributed by atoms with Crippen LogP contribution in [-0.4, -0.2) is 18.5 Å². The summed E-state index contributed by atoms with van der Waals surface area (Å²) in [6.45, 7) is 2.51. The number of hydrogen-bond donors (Lipinski definition) is 0. The van der Waals surface area contributed by atoms with Crippen LogP contribution < -0.4 is 0 Å². The molecule has 1 saturated heterocycles. The fourth-order valence-corrected chi connectivity index (χ4v) is 1.81. The summed E-state index contributed by atoms with van der Waals surface area (Å²) in [6.07, 6.45) is 2.06. The lowest BCUT2D eigenvalue weighted by Crippen LogP contribution is -2.16. The van der Waals surface area contributed by atoms with Crippen LogP contribution in [0.1, 0.15) is 18.9 Å². The lowest BCUT2D eigenvalue weighted by Gasteiger charge is -2.12. The Bertz CT molecular complexity index is 328. The van der Waals surface area contributed by atoms with Gasteiger partial charge in [-0.3, -0.25) is 4.79 Å². The van der Waals surface area contributed by atoms with E-state index in [1.165, 1.54) is 5.56 Å². The van der Waals surface area contributed by atoms with Crippen molar-refractivity contribution in [2.45, 2.75) is 25.9 Å². The third-order valence-corrected chi connectivity index (χ3v) is 2.85. The molecule has 2 nitrogen and oxygen atoms in total. The van der Waals surface area contributed by atoms with E-state index in [9.17, 15) is 4.79 Å². The third-order valence-electron chi connectivity index (χ3n) is 2.85. The first-order chi connectivity index (χ1) is 7.25. The van der Waals surface area contributed by atoms with E-state index in [1.54, 1.807) is 6.92 Å². The monoisotopic (exact) mass is 204 g/mol. The van der Waals surface area contributed by atoms with Gasteiger partial charge in [0.1, 0.15) is 5.78 Å². The van der Waals surface area contributed by atoms with E-state index < -0.39 is 0 Å². The number of rotatable bonds is 5. The molecule has 2 unspecified atom stereocenters. The van der Waals surface area contributed by atoms with Gasteiger partial charge in [0.15, 0.2) is 0 Å². The highest BCUT2D eigenvalue weighted by Gasteiger charge is 2.28. The topological polar surface area (TPSA) is 29.6 Å². The second-order valence-corrected chi connectivity index (χ2v) is 4.19. The van der Waals surface area contributed by atoms with Gasteiger partial charge in [-0.05, 0) is 25.3 Å². The largest absolute Gasteiger partial charge is 0.373 e. The number of epoxide rings is 1. The van der Waals surface area contributed by atoms with Crippen molar-refractivity contribution in [2.75, 3.05) is 6.61 Å². The van der Waals surface area contributed by atoms with Crippen LogP contribution in [0.15, 0.2) is 30.3 Å². The molecule has 2 heteroatoms. The second-order valence-electron chi connectivity index (χ2n) is 4.19. The molecule has 0 aromatic heterocycles. The Morgan fingerprint density at radius 1 is 1.47 bits per heavy atom. The van der Waals surface area contributed by atoms with Crippen molar-refractivity contribution in [3.8, 4) is 0 Å². The van der Waals surface area contributed by atoms with Crippen molar-refractivity contribution in [3.63, 3.8) is 0 Å².